The third-order valence-electron chi connectivity index (χ3n) is 2.89. The van der Waals surface area contributed by atoms with E-state index in [0.29, 0.717) is 6.04 Å². The van der Waals surface area contributed by atoms with Crippen LogP contribution in [0.15, 0.2) is 0 Å². The predicted molar refractivity (Wildman–Crippen MR) is 53.1 cm³/mol. The molecule has 12 heavy (non-hydrogen) atoms. The van der Waals surface area contributed by atoms with E-state index in [1.54, 1.807) is 0 Å². The van der Waals surface area contributed by atoms with Gasteiger partial charge < -0.3 is 11.1 Å². The topological polar surface area (TPSA) is 38.0 Å². The molecule has 1 fully saturated rings. The van der Waals surface area contributed by atoms with Gasteiger partial charge in [-0.1, -0.05) is 19.8 Å². The highest BCUT2D eigenvalue weighted by molar-refractivity contribution is 4.79. The van der Waals surface area contributed by atoms with Gasteiger partial charge in [0.1, 0.15) is 0 Å². The lowest BCUT2D eigenvalue weighted by molar-refractivity contribution is 0.343. The second-order valence-corrected chi connectivity index (χ2v) is 3.84. The van der Waals surface area contributed by atoms with Gasteiger partial charge in [-0.3, -0.25) is 0 Å². The lowest BCUT2D eigenvalue weighted by Gasteiger charge is -2.23. The summed E-state index contributed by atoms with van der Waals surface area (Å²) in [6.07, 6.45) is 6.73. The molecular formula is C10H22N2. The van der Waals surface area contributed by atoms with Gasteiger partial charge in [-0.2, -0.15) is 0 Å². The number of hydrogen-bond acceptors (Lipinski definition) is 2. The van der Waals surface area contributed by atoms with Crippen molar-refractivity contribution in [1.29, 1.82) is 0 Å². The molecule has 2 unspecified atom stereocenters. The second-order valence-electron chi connectivity index (χ2n) is 3.84. The Bertz CT molecular complexity index is 114. The zero-order chi connectivity index (χ0) is 8.81. The summed E-state index contributed by atoms with van der Waals surface area (Å²) in [4.78, 5) is 0. The molecule has 0 amide bonds. The quantitative estimate of drug-likeness (QED) is 0.673. The molecule has 1 aliphatic heterocycles. The third-order valence-corrected chi connectivity index (χ3v) is 2.89. The minimum Gasteiger partial charge on any atom is -0.329 e. The zero-order valence-electron chi connectivity index (χ0n) is 8.18. The highest BCUT2D eigenvalue weighted by Crippen LogP contribution is 2.20. The Balaban J connectivity index is 2.39. The maximum absolute atomic E-state index is 5.73. The van der Waals surface area contributed by atoms with Crippen LogP contribution in [0.4, 0.5) is 0 Å². The van der Waals surface area contributed by atoms with E-state index in [-0.39, 0.29) is 0 Å². The molecule has 0 radical (unpaired) electrons. The van der Waals surface area contributed by atoms with E-state index in [0.717, 1.165) is 12.5 Å². The fourth-order valence-electron chi connectivity index (χ4n) is 2.18. The number of hydrogen-bond donors (Lipinski definition) is 2. The number of rotatable bonds is 3. The van der Waals surface area contributed by atoms with Crippen LogP contribution in [0.1, 0.15) is 39.0 Å². The Kier molecular flexibility index (Phi) is 4.62. The molecule has 1 rings (SSSR count). The van der Waals surface area contributed by atoms with E-state index in [9.17, 15) is 0 Å². The molecule has 0 spiro atoms. The molecule has 2 nitrogen and oxygen atoms in total. The summed E-state index contributed by atoms with van der Waals surface area (Å²) in [5.74, 6) is 0.836. The molecule has 0 aromatic rings. The standard InChI is InChI=1S/C10H22N2/c1-2-5-9-6-3-4-7-12-10(9)8-11/h9-10,12H,2-8,11H2,1H3. The van der Waals surface area contributed by atoms with Gasteiger partial charge in [0.05, 0.1) is 0 Å². The van der Waals surface area contributed by atoms with Crippen LogP contribution in [0.2, 0.25) is 0 Å². The molecule has 1 saturated heterocycles. The molecule has 2 atom stereocenters. The Hall–Kier alpha value is -0.0800. The summed E-state index contributed by atoms with van der Waals surface area (Å²) in [5.41, 5.74) is 5.73. The molecule has 2 heteroatoms. The van der Waals surface area contributed by atoms with Gasteiger partial charge in [0.2, 0.25) is 0 Å². The van der Waals surface area contributed by atoms with Crippen LogP contribution in [0, 0.1) is 5.92 Å². The van der Waals surface area contributed by atoms with Crippen LogP contribution in [-0.2, 0) is 0 Å². The van der Waals surface area contributed by atoms with Crippen molar-refractivity contribution in [2.75, 3.05) is 13.1 Å². The highest BCUT2D eigenvalue weighted by Gasteiger charge is 2.20. The first-order valence-corrected chi connectivity index (χ1v) is 5.32. The lowest BCUT2D eigenvalue weighted by atomic mass is 9.91. The number of nitrogens with two attached hydrogens (primary N) is 1. The van der Waals surface area contributed by atoms with Crippen LogP contribution < -0.4 is 11.1 Å². The minimum atomic E-state index is 0.590. The van der Waals surface area contributed by atoms with E-state index in [4.69, 9.17) is 5.73 Å². The monoisotopic (exact) mass is 170 g/mol. The molecule has 0 bridgehead atoms. The van der Waals surface area contributed by atoms with Gasteiger partial charge >= 0.3 is 0 Å². The fourth-order valence-corrected chi connectivity index (χ4v) is 2.18. The molecule has 0 aromatic heterocycles. The molecule has 1 aliphatic rings. The molecule has 0 aromatic carbocycles. The molecule has 3 N–H and O–H groups in total. The zero-order valence-corrected chi connectivity index (χ0v) is 8.18. The third kappa shape index (κ3) is 2.76. The van der Waals surface area contributed by atoms with E-state index in [1.165, 1.54) is 38.6 Å². The largest absolute Gasteiger partial charge is 0.329 e. The summed E-state index contributed by atoms with van der Waals surface area (Å²) < 4.78 is 0. The van der Waals surface area contributed by atoms with Crippen LogP contribution >= 0.6 is 0 Å². The predicted octanol–water partition coefficient (Wildman–Crippen LogP) is 1.50. The summed E-state index contributed by atoms with van der Waals surface area (Å²) in [7, 11) is 0. The summed E-state index contributed by atoms with van der Waals surface area (Å²) in [5, 5.41) is 3.54. The fraction of sp³-hybridized carbons (Fsp3) is 1.00. The van der Waals surface area contributed by atoms with Crippen molar-refractivity contribution in [3.8, 4) is 0 Å². The van der Waals surface area contributed by atoms with Gasteiger partial charge in [0.25, 0.3) is 0 Å². The first kappa shape index (κ1) is 10.0. The van der Waals surface area contributed by atoms with Gasteiger partial charge in [-0.25, -0.2) is 0 Å². The van der Waals surface area contributed by atoms with Gasteiger partial charge in [-0.15, -0.1) is 0 Å². The second kappa shape index (κ2) is 5.55. The van der Waals surface area contributed by atoms with E-state index in [1.807, 2.05) is 0 Å². The molecule has 72 valence electrons. The maximum Gasteiger partial charge on any atom is 0.0218 e. The Labute approximate surface area is 75.9 Å². The summed E-state index contributed by atoms with van der Waals surface area (Å²) in [6.45, 7) is 4.24. The summed E-state index contributed by atoms with van der Waals surface area (Å²) in [6, 6.07) is 0.590. The van der Waals surface area contributed by atoms with Crippen LogP contribution in [0.25, 0.3) is 0 Å². The smallest absolute Gasteiger partial charge is 0.0218 e. The van der Waals surface area contributed by atoms with Crippen molar-refractivity contribution in [2.45, 2.75) is 45.1 Å². The maximum atomic E-state index is 5.73. The van der Waals surface area contributed by atoms with Gasteiger partial charge in [0.15, 0.2) is 0 Å². The average molecular weight is 170 g/mol. The van der Waals surface area contributed by atoms with Crippen molar-refractivity contribution in [3.63, 3.8) is 0 Å². The van der Waals surface area contributed by atoms with Crippen molar-refractivity contribution in [1.82, 2.24) is 5.32 Å². The Morgan fingerprint density at radius 3 is 2.92 bits per heavy atom. The van der Waals surface area contributed by atoms with Crippen molar-refractivity contribution >= 4 is 0 Å². The highest BCUT2D eigenvalue weighted by atomic mass is 14.9. The summed E-state index contributed by atoms with van der Waals surface area (Å²) >= 11 is 0. The van der Waals surface area contributed by atoms with Crippen LogP contribution in [0.5, 0.6) is 0 Å². The van der Waals surface area contributed by atoms with E-state index < -0.39 is 0 Å². The minimum absolute atomic E-state index is 0.590. The molecule has 0 saturated carbocycles. The van der Waals surface area contributed by atoms with E-state index >= 15 is 0 Å². The average Bonchev–Trinajstić information content (AvgIpc) is 2.30. The van der Waals surface area contributed by atoms with Crippen LogP contribution in [-0.4, -0.2) is 19.1 Å². The van der Waals surface area contributed by atoms with Crippen molar-refractivity contribution in [3.05, 3.63) is 0 Å². The Morgan fingerprint density at radius 1 is 1.42 bits per heavy atom. The van der Waals surface area contributed by atoms with Crippen LogP contribution in [0.3, 0.4) is 0 Å². The van der Waals surface area contributed by atoms with Gasteiger partial charge in [0, 0.05) is 12.6 Å². The first-order valence-electron chi connectivity index (χ1n) is 5.32. The van der Waals surface area contributed by atoms with Crippen molar-refractivity contribution < 1.29 is 0 Å². The van der Waals surface area contributed by atoms with Crippen molar-refractivity contribution in [2.24, 2.45) is 11.7 Å². The number of nitrogens with one attached hydrogen (secondary N) is 1. The first-order chi connectivity index (χ1) is 5.88. The molecule has 1 heterocycles. The SMILES string of the molecule is CCCC1CCCCNC1CN. The normalized spacial score (nSPS) is 31.5. The lowest BCUT2D eigenvalue weighted by Crippen LogP contribution is -2.41. The molecular weight excluding hydrogens is 148 g/mol. The molecule has 0 aliphatic carbocycles. The van der Waals surface area contributed by atoms with E-state index in [2.05, 4.69) is 12.2 Å². The Morgan fingerprint density at radius 2 is 2.25 bits per heavy atom. The van der Waals surface area contributed by atoms with Gasteiger partial charge in [-0.05, 0) is 31.7 Å².